The number of aliphatic hydroxyl groups is 1. The number of rotatable bonds is 8. The molecule has 0 saturated heterocycles. The molecule has 0 atom stereocenters. The Morgan fingerprint density at radius 1 is 1.35 bits per heavy atom. The zero-order valence-corrected chi connectivity index (χ0v) is 11.7. The highest BCUT2D eigenvalue weighted by Crippen LogP contribution is 2.17. The molecule has 0 fully saturated rings. The van der Waals surface area contributed by atoms with E-state index in [1.807, 2.05) is 30.6 Å². The van der Waals surface area contributed by atoms with E-state index in [0.29, 0.717) is 6.54 Å². The highest BCUT2D eigenvalue weighted by molar-refractivity contribution is 5.33. The van der Waals surface area contributed by atoms with E-state index in [0.717, 1.165) is 30.8 Å². The number of methoxy groups -OCH3 is 1. The van der Waals surface area contributed by atoms with E-state index in [2.05, 4.69) is 16.5 Å². The second kappa shape index (κ2) is 7.67. The first kappa shape index (κ1) is 14.6. The van der Waals surface area contributed by atoms with Gasteiger partial charge < -0.3 is 15.2 Å². The number of nitrogens with zero attached hydrogens (tertiary/aromatic N) is 2. The van der Waals surface area contributed by atoms with E-state index in [4.69, 9.17) is 9.84 Å². The quantitative estimate of drug-likeness (QED) is 0.711. The number of aliphatic hydroxyl groups excluding tert-OH is 1. The summed E-state index contributed by atoms with van der Waals surface area (Å²) in [5, 5.41) is 16.4. The van der Waals surface area contributed by atoms with Crippen molar-refractivity contribution < 1.29 is 9.84 Å². The summed E-state index contributed by atoms with van der Waals surface area (Å²) in [7, 11) is 1.70. The van der Waals surface area contributed by atoms with Gasteiger partial charge in [-0.2, -0.15) is 5.10 Å². The van der Waals surface area contributed by atoms with Crippen molar-refractivity contribution >= 4 is 0 Å². The molecular formula is C15H21N3O2. The monoisotopic (exact) mass is 275 g/mol. The SMILES string of the molecule is COc1ccccc1CCNCc1cnn(CCO)c1. The summed E-state index contributed by atoms with van der Waals surface area (Å²) < 4.78 is 7.07. The van der Waals surface area contributed by atoms with Crippen LogP contribution in [0.15, 0.2) is 36.7 Å². The minimum atomic E-state index is 0.113. The standard InChI is InChI=1S/C15H21N3O2/c1-20-15-5-3-2-4-14(15)6-7-16-10-13-11-17-18(12-13)8-9-19/h2-5,11-12,16,19H,6-10H2,1H3. The fourth-order valence-corrected chi connectivity index (χ4v) is 2.09. The maximum absolute atomic E-state index is 8.83. The van der Waals surface area contributed by atoms with Crippen molar-refractivity contribution in [2.45, 2.75) is 19.5 Å². The lowest BCUT2D eigenvalue weighted by molar-refractivity contribution is 0.269. The Bertz CT molecular complexity index is 525. The molecule has 1 aromatic carbocycles. The molecular weight excluding hydrogens is 254 g/mol. The van der Waals surface area contributed by atoms with Crippen LogP contribution in [0.3, 0.4) is 0 Å². The molecule has 0 aliphatic carbocycles. The van der Waals surface area contributed by atoms with Crippen molar-refractivity contribution in [3.8, 4) is 5.75 Å². The molecule has 0 unspecified atom stereocenters. The first-order chi connectivity index (χ1) is 9.83. The van der Waals surface area contributed by atoms with Gasteiger partial charge in [0, 0.05) is 18.3 Å². The van der Waals surface area contributed by atoms with Gasteiger partial charge in [-0.3, -0.25) is 4.68 Å². The van der Waals surface area contributed by atoms with Gasteiger partial charge >= 0.3 is 0 Å². The van der Waals surface area contributed by atoms with Gasteiger partial charge in [-0.05, 0) is 24.6 Å². The third-order valence-corrected chi connectivity index (χ3v) is 3.11. The fourth-order valence-electron chi connectivity index (χ4n) is 2.09. The molecule has 20 heavy (non-hydrogen) atoms. The molecule has 1 heterocycles. The first-order valence-corrected chi connectivity index (χ1v) is 6.78. The van der Waals surface area contributed by atoms with Gasteiger partial charge in [0.15, 0.2) is 0 Å². The van der Waals surface area contributed by atoms with Gasteiger partial charge in [0.2, 0.25) is 0 Å². The lowest BCUT2D eigenvalue weighted by Gasteiger charge is -2.08. The molecule has 5 heteroatoms. The summed E-state index contributed by atoms with van der Waals surface area (Å²) in [5.41, 5.74) is 2.33. The summed E-state index contributed by atoms with van der Waals surface area (Å²) in [5.74, 6) is 0.935. The Kier molecular flexibility index (Phi) is 5.58. The van der Waals surface area contributed by atoms with E-state index in [1.54, 1.807) is 11.8 Å². The Balaban J connectivity index is 1.75. The number of ether oxygens (including phenoxy) is 1. The molecule has 5 nitrogen and oxygen atoms in total. The van der Waals surface area contributed by atoms with Crippen LogP contribution in [0.5, 0.6) is 5.75 Å². The van der Waals surface area contributed by atoms with Crippen LogP contribution in [-0.4, -0.2) is 35.1 Å². The first-order valence-electron chi connectivity index (χ1n) is 6.78. The Morgan fingerprint density at radius 2 is 2.20 bits per heavy atom. The highest BCUT2D eigenvalue weighted by atomic mass is 16.5. The predicted octanol–water partition coefficient (Wildman–Crippen LogP) is 1.22. The van der Waals surface area contributed by atoms with Crippen molar-refractivity contribution in [1.29, 1.82) is 0 Å². The molecule has 2 aromatic rings. The van der Waals surface area contributed by atoms with Crippen molar-refractivity contribution in [3.63, 3.8) is 0 Å². The van der Waals surface area contributed by atoms with Crippen molar-refractivity contribution in [1.82, 2.24) is 15.1 Å². The number of nitrogens with one attached hydrogen (secondary N) is 1. The maximum Gasteiger partial charge on any atom is 0.122 e. The largest absolute Gasteiger partial charge is 0.496 e. The molecule has 0 spiro atoms. The second-order valence-electron chi connectivity index (χ2n) is 4.57. The average Bonchev–Trinajstić information content (AvgIpc) is 2.92. The number of hydrogen-bond donors (Lipinski definition) is 2. The van der Waals surface area contributed by atoms with Crippen LogP contribution in [0, 0.1) is 0 Å². The molecule has 108 valence electrons. The van der Waals surface area contributed by atoms with Crippen LogP contribution in [0.1, 0.15) is 11.1 Å². The van der Waals surface area contributed by atoms with Gasteiger partial charge in [-0.25, -0.2) is 0 Å². The summed E-state index contributed by atoms with van der Waals surface area (Å²) in [6.07, 6.45) is 4.70. The summed E-state index contributed by atoms with van der Waals surface area (Å²) >= 11 is 0. The number of aromatic nitrogens is 2. The van der Waals surface area contributed by atoms with Gasteiger partial charge in [0.25, 0.3) is 0 Å². The van der Waals surface area contributed by atoms with Gasteiger partial charge in [0.1, 0.15) is 5.75 Å². The predicted molar refractivity (Wildman–Crippen MR) is 77.7 cm³/mol. The average molecular weight is 275 g/mol. The number of para-hydroxylation sites is 1. The third-order valence-electron chi connectivity index (χ3n) is 3.11. The highest BCUT2D eigenvalue weighted by Gasteiger charge is 2.02. The van der Waals surface area contributed by atoms with Crippen molar-refractivity contribution in [2.24, 2.45) is 0 Å². The smallest absolute Gasteiger partial charge is 0.122 e. The molecule has 0 saturated carbocycles. The normalized spacial score (nSPS) is 10.7. The van der Waals surface area contributed by atoms with Crippen LogP contribution in [0.25, 0.3) is 0 Å². The van der Waals surface area contributed by atoms with E-state index in [1.165, 1.54) is 5.56 Å². The van der Waals surface area contributed by atoms with Crippen LogP contribution in [0.2, 0.25) is 0 Å². The van der Waals surface area contributed by atoms with Crippen LogP contribution in [-0.2, 0) is 19.5 Å². The lowest BCUT2D eigenvalue weighted by atomic mass is 10.1. The van der Waals surface area contributed by atoms with Crippen molar-refractivity contribution in [3.05, 3.63) is 47.8 Å². The molecule has 0 aliphatic rings. The lowest BCUT2D eigenvalue weighted by Crippen LogP contribution is -2.16. The summed E-state index contributed by atoms with van der Waals surface area (Å²) in [6.45, 7) is 2.32. The van der Waals surface area contributed by atoms with Crippen LogP contribution < -0.4 is 10.1 Å². The van der Waals surface area contributed by atoms with Gasteiger partial charge in [0.05, 0.1) is 26.5 Å². The molecule has 0 amide bonds. The summed E-state index contributed by atoms with van der Waals surface area (Å²) in [4.78, 5) is 0. The maximum atomic E-state index is 8.83. The van der Waals surface area contributed by atoms with Gasteiger partial charge in [-0.15, -0.1) is 0 Å². The Morgan fingerprint density at radius 3 is 3.00 bits per heavy atom. The van der Waals surface area contributed by atoms with E-state index >= 15 is 0 Å². The molecule has 0 aliphatic heterocycles. The topological polar surface area (TPSA) is 59.3 Å². The zero-order chi connectivity index (χ0) is 14.2. The minimum absolute atomic E-state index is 0.113. The van der Waals surface area contributed by atoms with Gasteiger partial charge in [-0.1, -0.05) is 18.2 Å². The van der Waals surface area contributed by atoms with E-state index < -0.39 is 0 Å². The Hall–Kier alpha value is -1.85. The number of benzene rings is 1. The fraction of sp³-hybridized carbons (Fsp3) is 0.400. The second-order valence-corrected chi connectivity index (χ2v) is 4.57. The minimum Gasteiger partial charge on any atom is -0.496 e. The summed E-state index contributed by atoms with van der Waals surface area (Å²) in [6, 6.07) is 8.07. The molecule has 2 rings (SSSR count). The molecule has 2 N–H and O–H groups in total. The van der Waals surface area contributed by atoms with E-state index in [9.17, 15) is 0 Å². The van der Waals surface area contributed by atoms with Crippen molar-refractivity contribution in [2.75, 3.05) is 20.3 Å². The zero-order valence-electron chi connectivity index (χ0n) is 11.7. The molecule has 0 bridgehead atoms. The molecule has 1 aromatic heterocycles. The van der Waals surface area contributed by atoms with Crippen LogP contribution in [0.4, 0.5) is 0 Å². The Labute approximate surface area is 119 Å². The number of hydrogen-bond acceptors (Lipinski definition) is 4. The molecule has 0 radical (unpaired) electrons. The van der Waals surface area contributed by atoms with E-state index in [-0.39, 0.29) is 6.61 Å². The van der Waals surface area contributed by atoms with Crippen LogP contribution >= 0.6 is 0 Å². The third kappa shape index (κ3) is 4.08.